The first-order chi connectivity index (χ1) is 9.17. The average molecular weight is 316 g/mol. The van der Waals surface area contributed by atoms with Crippen LogP contribution < -0.4 is 0 Å². The zero-order valence-corrected chi connectivity index (χ0v) is 11.2. The van der Waals surface area contributed by atoms with Crippen molar-refractivity contribution in [1.29, 1.82) is 5.26 Å². The van der Waals surface area contributed by atoms with Gasteiger partial charge in [-0.1, -0.05) is 15.9 Å². The minimum Gasteiger partial charge on any atom is -0.338 e. The average Bonchev–Trinajstić information content (AvgIpc) is 2.83. The second-order valence-corrected chi connectivity index (χ2v) is 4.91. The summed E-state index contributed by atoms with van der Waals surface area (Å²) in [7, 11) is 0. The van der Waals surface area contributed by atoms with Crippen molar-refractivity contribution >= 4 is 27.0 Å². The van der Waals surface area contributed by atoms with E-state index in [2.05, 4.69) is 32.0 Å². The number of nitrogens with zero attached hydrogens (tertiary/aromatic N) is 2. The first kappa shape index (κ1) is 11.9. The number of hydrogen-bond acceptors (Lipinski definition) is 2. The van der Waals surface area contributed by atoms with Crippen molar-refractivity contribution in [2.45, 2.75) is 0 Å². The topological polar surface area (TPSA) is 52.5 Å². The number of fused-ring (bicyclic) bond motifs is 1. The van der Waals surface area contributed by atoms with E-state index < -0.39 is 0 Å². The molecule has 0 saturated heterocycles. The van der Waals surface area contributed by atoms with E-state index in [1.807, 2.05) is 0 Å². The molecule has 3 nitrogen and oxygen atoms in total. The summed E-state index contributed by atoms with van der Waals surface area (Å²) in [6.45, 7) is 0. The van der Waals surface area contributed by atoms with Crippen LogP contribution in [-0.2, 0) is 0 Å². The SMILES string of the molecule is N#Cc1ccc2nc(-c3cc(F)ccc3Br)[nH]c2c1. The van der Waals surface area contributed by atoms with Crippen LogP contribution in [0.15, 0.2) is 40.9 Å². The third-order valence-electron chi connectivity index (χ3n) is 2.79. The minimum atomic E-state index is -0.323. The van der Waals surface area contributed by atoms with Crippen LogP contribution in [0.2, 0.25) is 0 Å². The summed E-state index contributed by atoms with van der Waals surface area (Å²) in [4.78, 5) is 7.49. The van der Waals surface area contributed by atoms with Gasteiger partial charge >= 0.3 is 0 Å². The number of aromatic nitrogens is 2. The Kier molecular flexibility index (Phi) is 2.80. The molecule has 0 spiro atoms. The van der Waals surface area contributed by atoms with Crippen LogP contribution in [-0.4, -0.2) is 9.97 Å². The molecule has 2 aromatic carbocycles. The molecular formula is C14H7BrFN3. The fourth-order valence-electron chi connectivity index (χ4n) is 1.89. The number of benzene rings is 2. The van der Waals surface area contributed by atoms with E-state index in [-0.39, 0.29) is 5.82 Å². The van der Waals surface area contributed by atoms with E-state index in [4.69, 9.17) is 5.26 Å². The number of rotatable bonds is 1. The Morgan fingerprint density at radius 2 is 2.05 bits per heavy atom. The molecule has 0 radical (unpaired) electrons. The van der Waals surface area contributed by atoms with Crippen molar-refractivity contribution in [2.75, 3.05) is 0 Å². The molecule has 0 aliphatic heterocycles. The number of imidazole rings is 1. The lowest BCUT2D eigenvalue weighted by atomic mass is 10.2. The summed E-state index contributed by atoms with van der Waals surface area (Å²) in [6.07, 6.45) is 0. The molecule has 1 aromatic heterocycles. The van der Waals surface area contributed by atoms with Crippen LogP contribution in [0.25, 0.3) is 22.4 Å². The number of nitrogens with one attached hydrogen (secondary N) is 1. The summed E-state index contributed by atoms with van der Waals surface area (Å²) in [5.74, 6) is 0.243. The van der Waals surface area contributed by atoms with E-state index in [0.29, 0.717) is 17.0 Å². The third kappa shape index (κ3) is 2.11. The van der Waals surface area contributed by atoms with Crippen molar-refractivity contribution in [1.82, 2.24) is 9.97 Å². The van der Waals surface area contributed by atoms with E-state index >= 15 is 0 Å². The van der Waals surface area contributed by atoms with Gasteiger partial charge < -0.3 is 4.98 Å². The highest BCUT2D eigenvalue weighted by Gasteiger charge is 2.10. The Hall–Kier alpha value is -2.19. The molecule has 0 amide bonds. The number of halogens is 2. The lowest BCUT2D eigenvalue weighted by molar-refractivity contribution is 0.628. The maximum Gasteiger partial charge on any atom is 0.139 e. The highest BCUT2D eigenvalue weighted by atomic mass is 79.9. The highest BCUT2D eigenvalue weighted by Crippen LogP contribution is 2.28. The second kappa shape index (κ2) is 4.48. The van der Waals surface area contributed by atoms with Gasteiger partial charge in [-0.25, -0.2) is 9.37 Å². The Labute approximate surface area is 116 Å². The number of H-pyrrole nitrogens is 1. The van der Waals surface area contributed by atoms with Crippen LogP contribution in [0.1, 0.15) is 5.56 Å². The van der Waals surface area contributed by atoms with Gasteiger partial charge in [0.15, 0.2) is 0 Å². The van der Waals surface area contributed by atoms with Gasteiger partial charge in [0.25, 0.3) is 0 Å². The molecule has 1 N–H and O–H groups in total. The van der Waals surface area contributed by atoms with Gasteiger partial charge in [-0.15, -0.1) is 0 Å². The van der Waals surface area contributed by atoms with Gasteiger partial charge in [0.1, 0.15) is 11.6 Å². The van der Waals surface area contributed by atoms with Gasteiger partial charge in [-0.3, -0.25) is 0 Å². The largest absolute Gasteiger partial charge is 0.338 e. The minimum absolute atomic E-state index is 0.323. The molecule has 3 rings (SSSR count). The third-order valence-corrected chi connectivity index (χ3v) is 3.49. The van der Waals surface area contributed by atoms with Crippen LogP contribution in [0.4, 0.5) is 4.39 Å². The molecule has 0 atom stereocenters. The molecule has 0 saturated carbocycles. The van der Waals surface area contributed by atoms with Crippen molar-refractivity contribution < 1.29 is 4.39 Å². The van der Waals surface area contributed by atoms with Gasteiger partial charge in [-0.05, 0) is 36.4 Å². The predicted molar refractivity (Wildman–Crippen MR) is 73.9 cm³/mol. The maximum atomic E-state index is 13.3. The zero-order valence-electron chi connectivity index (χ0n) is 9.61. The maximum absolute atomic E-state index is 13.3. The summed E-state index contributed by atoms with van der Waals surface area (Å²) >= 11 is 3.37. The molecule has 92 valence electrons. The smallest absolute Gasteiger partial charge is 0.139 e. The van der Waals surface area contributed by atoms with Crippen molar-refractivity contribution in [3.8, 4) is 17.5 Å². The Morgan fingerprint density at radius 1 is 1.21 bits per heavy atom. The van der Waals surface area contributed by atoms with Gasteiger partial charge in [0, 0.05) is 10.0 Å². The number of nitriles is 1. The fraction of sp³-hybridized carbons (Fsp3) is 0. The molecule has 19 heavy (non-hydrogen) atoms. The molecule has 0 bridgehead atoms. The monoisotopic (exact) mass is 315 g/mol. The molecule has 1 heterocycles. The standard InChI is InChI=1S/C14H7BrFN3/c15-11-3-2-9(16)6-10(11)14-18-12-4-1-8(7-17)5-13(12)19-14/h1-6H,(H,18,19). The van der Waals surface area contributed by atoms with Gasteiger partial charge in [-0.2, -0.15) is 5.26 Å². The Morgan fingerprint density at radius 3 is 2.84 bits per heavy atom. The Bertz CT molecular complexity index is 817. The van der Waals surface area contributed by atoms with E-state index in [1.165, 1.54) is 12.1 Å². The molecular weight excluding hydrogens is 309 g/mol. The van der Waals surface area contributed by atoms with Gasteiger partial charge in [0.05, 0.1) is 22.7 Å². The number of aromatic amines is 1. The van der Waals surface area contributed by atoms with E-state index in [1.54, 1.807) is 24.3 Å². The number of hydrogen-bond donors (Lipinski definition) is 1. The summed E-state index contributed by atoms with van der Waals surface area (Å²) in [5, 5.41) is 8.86. The van der Waals surface area contributed by atoms with Gasteiger partial charge in [0.2, 0.25) is 0 Å². The molecule has 0 aliphatic carbocycles. The summed E-state index contributed by atoms with van der Waals surface area (Å²) in [6, 6.07) is 11.7. The van der Waals surface area contributed by atoms with Crippen LogP contribution in [0.5, 0.6) is 0 Å². The van der Waals surface area contributed by atoms with Crippen LogP contribution >= 0.6 is 15.9 Å². The molecule has 0 unspecified atom stereocenters. The molecule has 5 heteroatoms. The van der Waals surface area contributed by atoms with Crippen LogP contribution in [0, 0.1) is 17.1 Å². The first-order valence-corrected chi connectivity index (χ1v) is 6.32. The molecule has 0 aliphatic rings. The Balaban J connectivity index is 2.21. The van der Waals surface area contributed by atoms with E-state index in [0.717, 1.165) is 15.5 Å². The molecule has 0 fully saturated rings. The first-order valence-electron chi connectivity index (χ1n) is 5.52. The van der Waals surface area contributed by atoms with Crippen LogP contribution in [0.3, 0.4) is 0 Å². The van der Waals surface area contributed by atoms with E-state index in [9.17, 15) is 4.39 Å². The summed E-state index contributed by atoms with van der Waals surface area (Å²) < 4.78 is 14.1. The second-order valence-electron chi connectivity index (χ2n) is 4.05. The zero-order chi connectivity index (χ0) is 13.4. The molecule has 3 aromatic rings. The van der Waals surface area contributed by atoms with Crippen molar-refractivity contribution in [3.05, 3.63) is 52.3 Å². The summed E-state index contributed by atoms with van der Waals surface area (Å²) in [5.41, 5.74) is 2.70. The lowest BCUT2D eigenvalue weighted by Gasteiger charge is -2.00. The van der Waals surface area contributed by atoms with Crippen molar-refractivity contribution in [2.24, 2.45) is 0 Å². The normalized spacial score (nSPS) is 10.6. The lowest BCUT2D eigenvalue weighted by Crippen LogP contribution is -1.84. The quantitative estimate of drug-likeness (QED) is 0.737. The fourth-order valence-corrected chi connectivity index (χ4v) is 2.32. The highest BCUT2D eigenvalue weighted by molar-refractivity contribution is 9.10. The van der Waals surface area contributed by atoms with Crippen molar-refractivity contribution in [3.63, 3.8) is 0 Å². The predicted octanol–water partition coefficient (Wildman–Crippen LogP) is 4.00.